The number of rotatable bonds is 5. The summed E-state index contributed by atoms with van der Waals surface area (Å²) in [7, 11) is 4.28. The molecule has 0 radical (unpaired) electrons. The van der Waals surface area contributed by atoms with Gasteiger partial charge in [-0.25, -0.2) is 0 Å². The van der Waals surface area contributed by atoms with Gasteiger partial charge in [-0.2, -0.15) is 0 Å². The summed E-state index contributed by atoms with van der Waals surface area (Å²) < 4.78 is 6.88. The maximum Gasteiger partial charge on any atom is 0.0480 e. The van der Waals surface area contributed by atoms with Crippen LogP contribution in [0.2, 0.25) is 0 Å². The molecule has 21 heavy (non-hydrogen) atoms. The minimum absolute atomic E-state index is 0.653. The highest BCUT2D eigenvalue weighted by atomic mass is 32.1. The molecule has 0 aliphatic carbocycles. The molecule has 1 aliphatic rings. The van der Waals surface area contributed by atoms with Gasteiger partial charge in [-0.3, -0.25) is 4.90 Å². The van der Waals surface area contributed by atoms with Gasteiger partial charge in [0.2, 0.25) is 0 Å². The van der Waals surface area contributed by atoms with E-state index in [0.29, 0.717) is 6.04 Å². The van der Waals surface area contributed by atoms with E-state index in [2.05, 4.69) is 41.5 Å². The van der Waals surface area contributed by atoms with Crippen LogP contribution >= 0.6 is 11.3 Å². The van der Waals surface area contributed by atoms with Crippen LogP contribution in [0.3, 0.4) is 0 Å². The second-order valence-electron chi connectivity index (χ2n) is 5.79. The zero-order valence-corrected chi connectivity index (χ0v) is 13.7. The Labute approximate surface area is 130 Å². The number of thiophene rings is 1. The van der Waals surface area contributed by atoms with Gasteiger partial charge < -0.3 is 10.1 Å². The summed E-state index contributed by atoms with van der Waals surface area (Å²) in [5.41, 5.74) is 1.50. The third-order valence-corrected chi connectivity index (χ3v) is 5.55. The molecule has 3 rings (SSSR count). The second-order valence-corrected chi connectivity index (χ2v) is 6.93. The van der Waals surface area contributed by atoms with Crippen molar-refractivity contribution in [2.75, 3.05) is 27.3 Å². The highest BCUT2D eigenvalue weighted by Gasteiger charge is 2.21. The fourth-order valence-electron chi connectivity index (χ4n) is 3.13. The van der Waals surface area contributed by atoms with Crippen LogP contribution in [0.15, 0.2) is 24.3 Å². The maximum absolute atomic E-state index is 5.48. The van der Waals surface area contributed by atoms with E-state index < -0.39 is 0 Å². The van der Waals surface area contributed by atoms with E-state index in [9.17, 15) is 0 Å². The Morgan fingerprint density at radius 2 is 2.05 bits per heavy atom. The number of ether oxygens (including phenoxy) is 1. The van der Waals surface area contributed by atoms with E-state index in [1.54, 1.807) is 0 Å². The Kier molecular flexibility index (Phi) is 4.91. The SMILES string of the molecule is CNCc1sc2ccccc2c1CN(C)C1CCOCC1. The molecule has 0 spiro atoms. The number of hydrogen-bond donors (Lipinski definition) is 1. The summed E-state index contributed by atoms with van der Waals surface area (Å²) in [6, 6.07) is 9.43. The van der Waals surface area contributed by atoms with Crippen molar-refractivity contribution in [2.24, 2.45) is 0 Å². The van der Waals surface area contributed by atoms with Crippen molar-refractivity contribution in [1.82, 2.24) is 10.2 Å². The summed E-state index contributed by atoms with van der Waals surface area (Å²) in [6.45, 7) is 3.80. The topological polar surface area (TPSA) is 24.5 Å². The first kappa shape index (κ1) is 15.0. The lowest BCUT2D eigenvalue weighted by Gasteiger charge is -2.31. The van der Waals surface area contributed by atoms with Crippen LogP contribution in [0.5, 0.6) is 0 Å². The molecule has 1 saturated heterocycles. The van der Waals surface area contributed by atoms with E-state index >= 15 is 0 Å². The molecular weight excluding hydrogens is 280 g/mol. The molecule has 0 amide bonds. The van der Waals surface area contributed by atoms with Gasteiger partial charge in [0.25, 0.3) is 0 Å². The van der Waals surface area contributed by atoms with E-state index in [-0.39, 0.29) is 0 Å². The van der Waals surface area contributed by atoms with Crippen molar-refractivity contribution in [3.8, 4) is 0 Å². The molecule has 1 fully saturated rings. The van der Waals surface area contributed by atoms with Gasteiger partial charge in [0.1, 0.15) is 0 Å². The average Bonchev–Trinajstić information content (AvgIpc) is 2.86. The highest BCUT2D eigenvalue weighted by molar-refractivity contribution is 7.19. The quantitative estimate of drug-likeness (QED) is 0.918. The predicted octanol–water partition coefficient (Wildman–Crippen LogP) is 3.23. The Morgan fingerprint density at radius 1 is 1.29 bits per heavy atom. The molecule has 0 unspecified atom stereocenters. The lowest BCUT2D eigenvalue weighted by molar-refractivity contribution is 0.0408. The van der Waals surface area contributed by atoms with Crippen molar-refractivity contribution < 1.29 is 4.74 Å². The zero-order chi connectivity index (χ0) is 14.7. The van der Waals surface area contributed by atoms with E-state index in [1.165, 1.54) is 20.5 Å². The molecule has 0 saturated carbocycles. The van der Waals surface area contributed by atoms with Crippen molar-refractivity contribution in [2.45, 2.75) is 32.0 Å². The summed E-state index contributed by atoms with van der Waals surface area (Å²) in [6.07, 6.45) is 2.31. The van der Waals surface area contributed by atoms with E-state index in [1.807, 2.05) is 18.4 Å². The highest BCUT2D eigenvalue weighted by Crippen LogP contribution is 2.32. The first-order valence-electron chi connectivity index (χ1n) is 7.71. The van der Waals surface area contributed by atoms with Gasteiger partial charge in [-0.15, -0.1) is 11.3 Å². The molecule has 1 aromatic heterocycles. The molecule has 3 nitrogen and oxygen atoms in total. The van der Waals surface area contributed by atoms with Crippen molar-refractivity contribution in [1.29, 1.82) is 0 Å². The standard InChI is InChI=1S/C17H24N2OS/c1-18-11-17-15(14-5-3-4-6-16(14)21-17)12-19(2)13-7-9-20-10-8-13/h3-6,13,18H,7-12H2,1-2H3. The fourth-order valence-corrected chi connectivity index (χ4v) is 4.36. The van der Waals surface area contributed by atoms with Gasteiger partial charge in [0, 0.05) is 41.9 Å². The lowest BCUT2D eigenvalue weighted by atomic mass is 10.1. The summed E-state index contributed by atoms with van der Waals surface area (Å²) in [5, 5.41) is 4.73. The number of nitrogens with zero attached hydrogens (tertiary/aromatic N) is 1. The zero-order valence-electron chi connectivity index (χ0n) is 12.9. The largest absolute Gasteiger partial charge is 0.381 e. The molecule has 2 aromatic rings. The van der Waals surface area contributed by atoms with Crippen LogP contribution in [-0.2, 0) is 17.8 Å². The first-order valence-corrected chi connectivity index (χ1v) is 8.53. The summed E-state index contributed by atoms with van der Waals surface area (Å²) in [4.78, 5) is 3.98. The monoisotopic (exact) mass is 304 g/mol. The molecule has 114 valence electrons. The molecule has 1 aliphatic heterocycles. The Morgan fingerprint density at radius 3 is 2.81 bits per heavy atom. The van der Waals surface area contributed by atoms with Crippen LogP contribution < -0.4 is 5.32 Å². The molecular formula is C17H24N2OS. The molecule has 2 heterocycles. The Bertz CT molecular complexity index is 589. The van der Waals surface area contributed by atoms with Crippen molar-refractivity contribution in [3.05, 3.63) is 34.7 Å². The normalized spacial score (nSPS) is 16.9. The first-order chi connectivity index (χ1) is 10.3. The average molecular weight is 304 g/mol. The predicted molar refractivity (Wildman–Crippen MR) is 89.9 cm³/mol. The van der Waals surface area contributed by atoms with Crippen LogP contribution in [0, 0.1) is 0 Å². The molecule has 0 bridgehead atoms. The maximum atomic E-state index is 5.48. The van der Waals surface area contributed by atoms with Crippen LogP contribution in [0.1, 0.15) is 23.3 Å². The number of hydrogen-bond acceptors (Lipinski definition) is 4. The van der Waals surface area contributed by atoms with Crippen LogP contribution in [-0.4, -0.2) is 38.3 Å². The van der Waals surface area contributed by atoms with Gasteiger partial charge in [-0.05, 0) is 44.0 Å². The van der Waals surface area contributed by atoms with E-state index in [0.717, 1.165) is 39.1 Å². The van der Waals surface area contributed by atoms with Crippen molar-refractivity contribution >= 4 is 21.4 Å². The summed E-state index contributed by atoms with van der Waals surface area (Å²) in [5.74, 6) is 0. The third-order valence-electron chi connectivity index (χ3n) is 4.34. The molecule has 1 N–H and O–H groups in total. The molecule has 1 aromatic carbocycles. The Hall–Kier alpha value is -0.940. The minimum atomic E-state index is 0.653. The Balaban J connectivity index is 1.85. The van der Waals surface area contributed by atoms with Gasteiger partial charge in [0.15, 0.2) is 0 Å². The van der Waals surface area contributed by atoms with Crippen LogP contribution in [0.4, 0.5) is 0 Å². The smallest absolute Gasteiger partial charge is 0.0480 e. The fraction of sp³-hybridized carbons (Fsp3) is 0.529. The number of benzene rings is 1. The van der Waals surface area contributed by atoms with Gasteiger partial charge in [-0.1, -0.05) is 18.2 Å². The minimum Gasteiger partial charge on any atom is -0.381 e. The lowest BCUT2D eigenvalue weighted by Crippen LogP contribution is -2.36. The third kappa shape index (κ3) is 3.29. The van der Waals surface area contributed by atoms with E-state index in [4.69, 9.17) is 4.74 Å². The molecule has 4 heteroatoms. The van der Waals surface area contributed by atoms with Gasteiger partial charge >= 0.3 is 0 Å². The van der Waals surface area contributed by atoms with Crippen LogP contribution in [0.25, 0.3) is 10.1 Å². The number of nitrogens with one attached hydrogen (secondary N) is 1. The summed E-state index contributed by atoms with van der Waals surface area (Å²) >= 11 is 1.92. The van der Waals surface area contributed by atoms with Crippen molar-refractivity contribution in [3.63, 3.8) is 0 Å². The number of fused-ring (bicyclic) bond motifs is 1. The second kappa shape index (κ2) is 6.88. The molecule has 0 atom stereocenters. The van der Waals surface area contributed by atoms with Gasteiger partial charge in [0.05, 0.1) is 0 Å².